The number of non-ortho nitro benzene ring substituents is 1. The van der Waals surface area contributed by atoms with Crippen molar-refractivity contribution in [1.82, 2.24) is 4.90 Å². The van der Waals surface area contributed by atoms with Crippen LogP contribution in [0.15, 0.2) is 77.7 Å². The number of hydrogen-bond acceptors (Lipinski definition) is 5. The smallest absolute Gasteiger partial charge is 0.269 e. The van der Waals surface area contributed by atoms with Crippen LogP contribution in [0.5, 0.6) is 0 Å². The van der Waals surface area contributed by atoms with Crippen LogP contribution in [-0.2, 0) is 16.6 Å². The lowest BCUT2D eigenvalue weighted by Gasteiger charge is -2.39. The molecular formula is C26H29N3O4S. The summed E-state index contributed by atoms with van der Waals surface area (Å²) in [4.78, 5) is 13.1. The maximum absolute atomic E-state index is 13.8. The molecule has 1 aliphatic rings. The van der Waals surface area contributed by atoms with Crippen molar-refractivity contribution in [2.45, 2.75) is 44.2 Å². The molecule has 0 spiro atoms. The summed E-state index contributed by atoms with van der Waals surface area (Å²) in [5.74, 6) is 0. The highest BCUT2D eigenvalue weighted by molar-refractivity contribution is 7.92. The molecule has 0 saturated carbocycles. The second kappa shape index (κ2) is 9.95. The summed E-state index contributed by atoms with van der Waals surface area (Å²) in [7, 11) is -3.73. The fourth-order valence-electron chi connectivity index (χ4n) is 4.42. The first-order valence-electron chi connectivity index (χ1n) is 11.4. The van der Waals surface area contributed by atoms with E-state index in [1.807, 2.05) is 44.2 Å². The van der Waals surface area contributed by atoms with E-state index >= 15 is 0 Å². The molecule has 1 aliphatic heterocycles. The van der Waals surface area contributed by atoms with Crippen molar-refractivity contribution >= 4 is 21.4 Å². The first-order chi connectivity index (χ1) is 16.2. The van der Waals surface area contributed by atoms with E-state index in [2.05, 4.69) is 4.90 Å². The van der Waals surface area contributed by atoms with Gasteiger partial charge in [-0.15, -0.1) is 0 Å². The molecular weight excluding hydrogens is 450 g/mol. The Morgan fingerprint density at radius 1 is 0.941 bits per heavy atom. The zero-order chi connectivity index (χ0) is 24.3. The van der Waals surface area contributed by atoms with Gasteiger partial charge in [-0.1, -0.05) is 42.0 Å². The Hall–Kier alpha value is -3.23. The van der Waals surface area contributed by atoms with E-state index < -0.39 is 14.9 Å². The van der Waals surface area contributed by atoms with Crippen molar-refractivity contribution in [3.63, 3.8) is 0 Å². The zero-order valence-corrected chi connectivity index (χ0v) is 20.2. The maximum atomic E-state index is 13.8. The lowest BCUT2D eigenvalue weighted by atomic mass is 10.0. The number of rotatable bonds is 7. The molecule has 0 radical (unpaired) electrons. The second-order valence-corrected chi connectivity index (χ2v) is 10.7. The van der Waals surface area contributed by atoms with Crippen molar-refractivity contribution in [3.05, 3.63) is 99.6 Å². The SMILES string of the molecule is Cc1ccc(N(C2CCN(Cc3ccc([N+](=O)[O-])cc3)CC2)S(=O)(=O)c2cccc(C)c2)cc1. The fourth-order valence-corrected chi connectivity index (χ4v) is 6.24. The van der Waals surface area contributed by atoms with Crippen LogP contribution in [0, 0.1) is 24.0 Å². The van der Waals surface area contributed by atoms with Gasteiger partial charge in [0.2, 0.25) is 0 Å². The topological polar surface area (TPSA) is 83.8 Å². The van der Waals surface area contributed by atoms with Crippen LogP contribution in [0.25, 0.3) is 0 Å². The predicted molar refractivity (Wildman–Crippen MR) is 133 cm³/mol. The summed E-state index contributed by atoms with van der Waals surface area (Å²) in [6.07, 6.45) is 1.40. The van der Waals surface area contributed by atoms with Gasteiger partial charge >= 0.3 is 0 Å². The van der Waals surface area contributed by atoms with E-state index in [4.69, 9.17) is 0 Å². The van der Waals surface area contributed by atoms with Gasteiger partial charge in [0.25, 0.3) is 15.7 Å². The van der Waals surface area contributed by atoms with Crippen LogP contribution in [0.4, 0.5) is 11.4 Å². The van der Waals surface area contributed by atoms with Crippen LogP contribution in [-0.4, -0.2) is 37.4 Å². The number of anilines is 1. The van der Waals surface area contributed by atoms with Crippen molar-refractivity contribution < 1.29 is 13.3 Å². The number of likely N-dealkylation sites (tertiary alicyclic amines) is 1. The molecule has 1 heterocycles. The molecule has 8 heteroatoms. The van der Waals surface area contributed by atoms with Crippen LogP contribution < -0.4 is 4.31 Å². The van der Waals surface area contributed by atoms with Gasteiger partial charge < -0.3 is 0 Å². The number of piperidine rings is 1. The number of hydrogen-bond donors (Lipinski definition) is 0. The second-order valence-electron chi connectivity index (χ2n) is 8.88. The summed E-state index contributed by atoms with van der Waals surface area (Å²) in [5.41, 5.74) is 3.75. The summed E-state index contributed by atoms with van der Waals surface area (Å²) in [6.45, 7) is 6.05. The highest BCUT2D eigenvalue weighted by Crippen LogP contribution is 2.31. The highest BCUT2D eigenvalue weighted by atomic mass is 32.2. The van der Waals surface area contributed by atoms with Gasteiger partial charge in [0, 0.05) is 37.8 Å². The minimum absolute atomic E-state index is 0.0811. The number of sulfonamides is 1. The number of nitro groups is 1. The summed E-state index contributed by atoms with van der Waals surface area (Å²) in [5, 5.41) is 10.9. The Bertz CT molecular complexity index is 1250. The molecule has 0 unspecified atom stereocenters. The highest BCUT2D eigenvalue weighted by Gasteiger charge is 2.34. The van der Waals surface area contributed by atoms with Gasteiger partial charge in [-0.05, 0) is 62.1 Å². The van der Waals surface area contributed by atoms with Crippen molar-refractivity contribution in [1.29, 1.82) is 0 Å². The lowest BCUT2D eigenvalue weighted by Crippen LogP contribution is -2.47. The third kappa shape index (κ3) is 5.29. The molecule has 4 rings (SSSR count). The largest absolute Gasteiger partial charge is 0.299 e. The van der Waals surface area contributed by atoms with Crippen molar-refractivity contribution in [2.24, 2.45) is 0 Å². The summed E-state index contributed by atoms with van der Waals surface area (Å²) >= 11 is 0. The third-order valence-corrected chi connectivity index (χ3v) is 8.15. The summed E-state index contributed by atoms with van der Waals surface area (Å²) < 4.78 is 29.2. The van der Waals surface area contributed by atoms with Crippen LogP contribution >= 0.6 is 0 Å². The number of nitrogens with zero attached hydrogens (tertiary/aromatic N) is 3. The monoisotopic (exact) mass is 479 g/mol. The van der Waals surface area contributed by atoms with Gasteiger partial charge in [-0.2, -0.15) is 0 Å². The van der Waals surface area contributed by atoms with Crippen LogP contribution in [0.3, 0.4) is 0 Å². The lowest BCUT2D eigenvalue weighted by molar-refractivity contribution is -0.384. The van der Waals surface area contributed by atoms with Crippen LogP contribution in [0.1, 0.15) is 29.5 Å². The molecule has 178 valence electrons. The average Bonchev–Trinajstić information content (AvgIpc) is 2.82. The van der Waals surface area contributed by atoms with Gasteiger partial charge in [0.15, 0.2) is 0 Å². The van der Waals surface area contributed by atoms with Gasteiger partial charge in [-0.25, -0.2) is 8.42 Å². The molecule has 7 nitrogen and oxygen atoms in total. The normalized spacial score (nSPS) is 15.2. The predicted octanol–water partition coefficient (Wildman–Crippen LogP) is 5.07. The Morgan fingerprint density at radius 3 is 2.18 bits per heavy atom. The molecule has 1 saturated heterocycles. The van der Waals surface area contributed by atoms with E-state index in [1.54, 1.807) is 34.6 Å². The first kappa shape index (κ1) is 23.9. The molecule has 0 aliphatic carbocycles. The van der Waals surface area contributed by atoms with Crippen LogP contribution in [0.2, 0.25) is 0 Å². The summed E-state index contributed by atoms with van der Waals surface area (Å²) in [6, 6.07) is 21.2. The first-order valence-corrected chi connectivity index (χ1v) is 12.8. The third-order valence-electron chi connectivity index (χ3n) is 6.28. The minimum atomic E-state index is -3.73. The Morgan fingerprint density at radius 2 is 1.59 bits per heavy atom. The molecule has 34 heavy (non-hydrogen) atoms. The Balaban J connectivity index is 1.54. The molecule has 0 aromatic heterocycles. The quantitative estimate of drug-likeness (QED) is 0.349. The van der Waals surface area contributed by atoms with E-state index in [0.717, 1.165) is 29.8 Å². The zero-order valence-electron chi connectivity index (χ0n) is 19.4. The molecule has 1 fully saturated rings. The molecule has 3 aromatic rings. The standard InChI is InChI=1S/C26H29N3O4S/c1-20-6-10-23(11-7-20)28(34(32,33)26-5-3-4-21(2)18-26)24-14-16-27(17-15-24)19-22-8-12-25(13-9-22)29(30)31/h3-13,18,24H,14-17,19H2,1-2H3. The van der Waals surface area contributed by atoms with E-state index in [1.165, 1.54) is 12.1 Å². The Kier molecular flexibility index (Phi) is 7.00. The molecule has 0 bridgehead atoms. The van der Waals surface area contributed by atoms with E-state index in [0.29, 0.717) is 30.0 Å². The fraction of sp³-hybridized carbons (Fsp3) is 0.308. The van der Waals surface area contributed by atoms with Crippen molar-refractivity contribution in [2.75, 3.05) is 17.4 Å². The molecule has 3 aromatic carbocycles. The van der Waals surface area contributed by atoms with Gasteiger partial charge in [0.1, 0.15) is 0 Å². The number of nitro benzene ring substituents is 1. The average molecular weight is 480 g/mol. The minimum Gasteiger partial charge on any atom is -0.299 e. The maximum Gasteiger partial charge on any atom is 0.269 e. The molecule has 0 amide bonds. The number of aryl methyl sites for hydroxylation is 2. The van der Waals surface area contributed by atoms with Gasteiger partial charge in [0.05, 0.1) is 15.5 Å². The number of benzene rings is 3. The molecule has 0 N–H and O–H groups in total. The van der Waals surface area contributed by atoms with E-state index in [-0.39, 0.29) is 11.7 Å². The van der Waals surface area contributed by atoms with Gasteiger partial charge in [-0.3, -0.25) is 19.3 Å². The molecule has 0 atom stereocenters. The van der Waals surface area contributed by atoms with Crippen molar-refractivity contribution in [3.8, 4) is 0 Å². The Labute approximate surface area is 200 Å². The van der Waals surface area contributed by atoms with E-state index in [9.17, 15) is 18.5 Å².